The molecule has 0 aromatic heterocycles. The maximum absolute atomic E-state index is 14.4. The molecule has 1 aliphatic carbocycles. The fourth-order valence-corrected chi connectivity index (χ4v) is 7.04. The Kier molecular flexibility index (Phi) is 9.46. The summed E-state index contributed by atoms with van der Waals surface area (Å²) in [6.45, 7) is -0.0813. The Bertz CT molecular complexity index is 1760. The van der Waals surface area contributed by atoms with Crippen molar-refractivity contribution in [1.29, 1.82) is 0 Å². The maximum atomic E-state index is 14.4. The molecule has 2 heterocycles. The van der Waals surface area contributed by atoms with Crippen LogP contribution in [0.4, 0.5) is 0 Å². The summed E-state index contributed by atoms with van der Waals surface area (Å²) in [4.78, 5) is 63.7. The summed E-state index contributed by atoms with van der Waals surface area (Å²) < 4.78 is 5.05. The van der Waals surface area contributed by atoms with Crippen molar-refractivity contribution in [2.45, 2.75) is 62.6 Å². The molecular formula is C33H32Cl2N6O6. The predicted octanol–water partition coefficient (Wildman–Crippen LogP) is 3.72. The van der Waals surface area contributed by atoms with Crippen molar-refractivity contribution < 1.29 is 28.8 Å². The summed E-state index contributed by atoms with van der Waals surface area (Å²) in [5.74, 6) is -3.04. The van der Waals surface area contributed by atoms with Gasteiger partial charge in [-0.15, -0.1) is 0 Å². The second kappa shape index (κ2) is 13.7. The van der Waals surface area contributed by atoms with Crippen LogP contribution in [0, 0.1) is 0 Å². The minimum absolute atomic E-state index is 0.0813. The number of nitrogens with zero attached hydrogens (tertiary/aromatic N) is 2. The molecule has 0 radical (unpaired) electrons. The van der Waals surface area contributed by atoms with Gasteiger partial charge in [-0.3, -0.25) is 24.5 Å². The Morgan fingerprint density at radius 2 is 1.74 bits per heavy atom. The summed E-state index contributed by atoms with van der Waals surface area (Å²) in [7, 11) is 0. The van der Waals surface area contributed by atoms with Crippen molar-refractivity contribution in [2.75, 3.05) is 0 Å². The number of benzene rings is 3. The van der Waals surface area contributed by atoms with Crippen LogP contribution < -0.4 is 22.3 Å². The molecule has 12 nitrogen and oxygen atoms in total. The van der Waals surface area contributed by atoms with Gasteiger partial charge in [0, 0.05) is 33.3 Å². The quantitative estimate of drug-likeness (QED) is 0.113. The van der Waals surface area contributed by atoms with Crippen molar-refractivity contribution in [3.05, 3.63) is 105 Å². The molecule has 1 saturated heterocycles. The average molecular weight is 680 g/mol. The number of fused-ring (bicyclic) bond motifs is 1. The Labute approximate surface area is 280 Å². The molecule has 0 spiro atoms. The predicted molar refractivity (Wildman–Crippen MR) is 173 cm³/mol. The van der Waals surface area contributed by atoms with E-state index in [9.17, 15) is 19.2 Å². The van der Waals surface area contributed by atoms with Gasteiger partial charge in [0.1, 0.15) is 0 Å². The average Bonchev–Trinajstić information content (AvgIpc) is 3.75. The van der Waals surface area contributed by atoms with E-state index in [1.807, 2.05) is 0 Å². The van der Waals surface area contributed by atoms with Crippen LogP contribution in [-0.2, 0) is 25.8 Å². The van der Waals surface area contributed by atoms with Crippen LogP contribution in [0.1, 0.15) is 75.0 Å². The van der Waals surface area contributed by atoms with Gasteiger partial charge in [0.25, 0.3) is 23.9 Å². The number of nitrogens with one attached hydrogen (secondary N) is 2. The van der Waals surface area contributed by atoms with Crippen molar-refractivity contribution in [1.82, 2.24) is 15.7 Å². The zero-order chi connectivity index (χ0) is 33.2. The van der Waals surface area contributed by atoms with E-state index in [4.69, 9.17) is 44.2 Å². The van der Waals surface area contributed by atoms with Gasteiger partial charge < -0.3 is 21.1 Å². The molecule has 14 heteroatoms. The molecule has 3 aliphatic rings. The number of carbonyl (C=O) groups is 4. The van der Waals surface area contributed by atoms with E-state index in [-0.39, 0.29) is 42.1 Å². The molecule has 2 fully saturated rings. The largest absolute Gasteiger partial charge is 0.431 e. The first-order valence-corrected chi connectivity index (χ1v) is 15.9. The lowest BCUT2D eigenvalue weighted by molar-refractivity contribution is -0.138. The molecule has 244 valence electrons. The number of hydroxylamine groups is 1. The van der Waals surface area contributed by atoms with Crippen LogP contribution >= 0.6 is 23.2 Å². The fraction of sp³-hybridized carbons (Fsp3) is 0.303. The molecular weight excluding hydrogens is 647 g/mol. The van der Waals surface area contributed by atoms with Crippen molar-refractivity contribution in [3.63, 3.8) is 0 Å². The second-order valence-electron chi connectivity index (χ2n) is 11.6. The van der Waals surface area contributed by atoms with Gasteiger partial charge in [-0.2, -0.15) is 4.99 Å². The van der Waals surface area contributed by atoms with Crippen LogP contribution in [0.25, 0.3) is 0 Å². The van der Waals surface area contributed by atoms with E-state index in [0.717, 1.165) is 12.8 Å². The number of halogens is 2. The number of hydrogen-bond donors (Lipinski definition) is 4. The molecule has 1 saturated carbocycles. The number of ether oxygens (including phenoxy) is 1. The zero-order valence-electron chi connectivity index (χ0n) is 25.0. The minimum atomic E-state index is -0.946. The molecule has 3 amide bonds. The van der Waals surface area contributed by atoms with Crippen LogP contribution in [0.5, 0.6) is 0 Å². The van der Waals surface area contributed by atoms with E-state index in [2.05, 4.69) is 15.8 Å². The summed E-state index contributed by atoms with van der Waals surface area (Å²) in [5, 5.41) is 3.95. The summed E-state index contributed by atoms with van der Waals surface area (Å²) >= 11 is 13.1. The van der Waals surface area contributed by atoms with Crippen molar-refractivity contribution in [2.24, 2.45) is 16.5 Å². The van der Waals surface area contributed by atoms with Crippen LogP contribution in [-0.4, -0.2) is 52.9 Å². The molecule has 47 heavy (non-hydrogen) atoms. The standard InChI is InChI=1S/C33H32Cl2N6O6/c34-19-12-13-22(23(35)15-19)27-26(29(43)40-46-16-17-6-5-7-18(14-17)28(42)39-33(36)37)20-8-1-2-9-21(20)31(44)41(27)25-11-4-3-10-24(25)38-30-32(45)47-30/h1-2,5-9,12-15,24-27,30,38H,3-4,10-11,16H2,(H,40,43)(H4,36,37,39,42)/t24-,25-,26+,27-,30?/m0/s1. The Morgan fingerprint density at radius 1 is 0.979 bits per heavy atom. The van der Waals surface area contributed by atoms with Gasteiger partial charge in [0.15, 0.2) is 5.96 Å². The third-order valence-corrected chi connectivity index (χ3v) is 9.16. The molecule has 6 N–H and O–H groups in total. The van der Waals surface area contributed by atoms with Gasteiger partial charge in [0.05, 0.1) is 18.6 Å². The molecule has 5 atom stereocenters. The van der Waals surface area contributed by atoms with Crippen molar-refractivity contribution >= 4 is 52.9 Å². The number of aliphatic imine (C=N–C) groups is 1. The van der Waals surface area contributed by atoms with Gasteiger partial charge >= 0.3 is 5.97 Å². The number of guanidine groups is 1. The third kappa shape index (κ3) is 6.96. The van der Waals surface area contributed by atoms with Gasteiger partial charge in [0.2, 0.25) is 0 Å². The highest BCUT2D eigenvalue weighted by molar-refractivity contribution is 6.35. The highest BCUT2D eigenvalue weighted by Crippen LogP contribution is 2.48. The number of rotatable bonds is 9. The Hall–Kier alpha value is -4.49. The van der Waals surface area contributed by atoms with Gasteiger partial charge in [-0.25, -0.2) is 10.3 Å². The van der Waals surface area contributed by atoms with Crippen LogP contribution in [0.15, 0.2) is 71.7 Å². The fourth-order valence-electron chi connectivity index (χ4n) is 6.52. The molecule has 2 aliphatic heterocycles. The summed E-state index contributed by atoms with van der Waals surface area (Å²) in [6.07, 6.45) is 2.37. The number of cyclic esters (lactones) is 1. The molecule has 6 rings (SSSR count). The SMILES string of the molecule is NC(N)=NC(=O)c1cccc(CONC(=O)[C@@H]2c3ccccc3C(=O)N([C@H]3CCCC[C@@H]3NC3OC3=O)[C@H]2c2ccc(Cl)cc2Cl)c1. The number of epoxide rings is 1. The van der Waals surface area contributed by atoms with E-state index in [1.165, 1.54) is 0 Å². The van der Waals surface area contributed by atoms with Crippen LogP contribution in [0.2, 0.25) is 10.0 Å². The summed E-state index contributed by atoms with van der Waals surface area (Å²) in [5.41, 5.74) is 15.5. The lowest BCUT2D eigenvalue weighted by Crippen LogP contribution is -2.59. The van der Waals surface area contributed by atoms with E-state index in [1.54, 1.807) is 71.6 Å². The number of amides is 3. The number of hydrogen-bond acceptors (Lipinski definition) is 7. The van der Waals surface area contributed by atoms with E-state index < -0.39 is 30.0 Å². The first kappa shape index (κ1) is 32.5. The van der Waals surface area contributed by atoms with Crippen LogP contribution in [0.3, 0.4) is 0 Å². The second-order valence-corrected chi connectivity index (χ2v) is 12.5. The minimum Gasteiger partial charge on any atom is -0.431 e. The van der Waals surface area contributed by atoms with Gasteiger partial charge in [-0.05, 0) is 59.9 Å². The normalized spacial score (nSPS) is 23.4. The third-order valence-electron chi connectivity index (χ3n) is 8.60. The summed E-state index contributed by atoms with van der Waals surface area (Å²) in [6, 6.07) is 16.9. The highest BCUT2D eigenvalue weighted by Gasteiger charge is 2.50. The number of nitrogens with two attached hydrogens (primary N) is 2. The first-order valence-electron chi connectivity index (χ1n) is 15.1. The van der Waals surface area contributed by atoms with E-state index >= 15 is 0 Å². The number of carbonyl (C=O) groups excluding carboxylic acids is 4. The van der Waals surface area contributed by atoms with Gasteiger partial charge in [-0.1, -0.05) is 72.4 Å². The molecule has 0 bridgehead atoms. The maximum Gasteiger partial charge on any atom is 0.365 e. The molecule has 1 unspecified atom stereocenters. The smallest absolute Gasteiger partial charge is 0.365 e. The monoisotopic (exact) mass is 678 g/mol. The zero-order valence-corrected chi connectivity index (χ0v) is 26.5. The highest BCUT2D eigenvalue weighted by atomic mass is 35.5. The topological polar surface area (TPSA) is 182 Å². The van der Waals surface area contributed by atoms with E-state index in [0.29, 0.717) is 45.1 Å². The lowest BCUT2D eigenvalue weighted by Gasteiger charge is -2.49. The lowest BCUT2D eigenvalue weighted by atomic mass is 9.76. The Morgan fingerprint density at radius 3 is 2.49 bits per heavy atom. The first-order chi connectivity index (χ1) is 22.6. The van der Waals surface area contributed by atoms with Crippen molar-refractivity contribution in [3.8, 4) is 0 Å². The molecule has 3 aromatic carbocycles. The molecule has 3 aromatic rings. The Balaban J connectivity index is 1.34.